The van der Waals surface area contributed by atoms with Crippen molar-refractivity contribution >= 4 is 17.4 Å². The van der Waals surface area contributed by atoms with Gasteiger partial charge in [0.05, 0.1) is 17.2 Å². The number of benzene rings is 1. The predicted molar refractivity (Wildman–Crippen MR) is 67.6 cm³/mol. The Morgan fingerprint density at radius 1 is 1.39 bits per heavy atom. The maximum atomic E-state index is 12.7. The first kappa shape index (κ1) is 14.7. The van der Waals surface area contributed by atoms with E-state index in [9.17, 15) is 13.2 Å². The van der Waals surface area contributed by atoms with E-state index in [-0.39, 0.29) is 5.56 Å². The maximum absolute atomic E-state index is 12.7. The molecule has 1 rings (SSSR count). The molecule has 1 aromatic rings. The molecule has 0 heterocycles. The largest absolute Gasteiger partial charge is 0.417 e. The average molecular weight is 274 g/mol. The first-order valence-electron chi connectivity index (χ1n) is 5.33. The molecular formula is C12H13F3N2S. The second-order valence-electron chi connectivity index (χ2n) is 3.64. The summed E-state index contributed by atoms with van der Waals surface area (Å²) in [6.45, 7) is 0.615. The smallest absolute Gasteiger partial charge is 0.385 e. The van der Waals surface area contributed by atoms with Crippen molar-refractivity contribution in [3.8, 4) is 6.07 Å². The lowest BCUT2D eigenvalue weighted by atomic mass is 10.1. The van der Waals surface area contributed by atoms with Gasteiger partial charge in [0.15, 0.2) is 0 Å². The highest BCUT2D eigenvalue weighted by molar-refractivity contribution is 7.98. The van der Waals surface area contributed by atoms with Crippen LogP contribution in [-0.4, -0.2) is 18.6 Å². The second kappa shape index (κ2) is 6.55. The molecule has 1 aromatic carbocycles. The second-order valence-corrected chi connectivity index (χ2v) is 4.63. The highest BCUT2D eigenvalue weighted by Gasteiger charge is 2.33. The summed E-state index contributed by atoms with van der Waals surface area (Å²) in [6, 6.07) is 5.23. The van der Waals surface area contributed by atoms with Crippen LogP contribution in [0.3, 0.4) is 0 Å². The summed E-state index contributed by atoms with van der Waals surface area (Å²) in [5.74, 6) is 0.954. The summed E-state index contributed by atoms with van der Waals surface area (Å²) in [5, 5.41) is 11.6. The first-order valence-corrected chi connectivity index (χ1v) is 6.72. The lowest BCUT2D eigenvalue weighted by molar-refractivity contribution is -0.137. The van der Waals surface area contributed by atoms with Crippen LogP contribution in [0.1, 0.15) is 17.5 Å². The van der Waals surface area contributed by atoms with Crippen LogP contribution in [-0.2, 0) is 6.18 Å². The van der Waals surface area contributed by atoms with Gasteiger partial charge in [-0.05, 0) is 36.6 Å². The molecule has 0 aliphatic rings. The molecule has 0 aromatic heterocycles. The molecule has 0 aliphatic carbocycles. The molecule has 0 radical (unpaired) electrons. The van der Waals surface area contributed by atoms with Crippen LogP contribution in [0.25, 0.3) is 0 Å². The van der Waals surface area contributed by atoms with Gasteiger partial charge in [-0.3, -0.25) is 0 Å². The molecule has 0 saturated heterocycles. The van der Waals surface area contributed by atoms with Crippen LogP contribution < -0.4 is 5.32 Å². The number of halogens is 3. The van der Waals surface area contributed by atoms with Crippen molar-refractivity contribution in [2.24, 2.45) is 0 Å². The number of hydrogen-bond acceptors (Lipinski definition) is 3. The first-order chi connectivity index (χ1) is 8.49. The molecule has 0 spiro atoms. The third-order valence-electron chi connectivity index (χ3n) is 2.30. The molecule has 1 N–H and O–H groups in total. The highest BCUT2D eigenvalue weighted by atomic mass is 32.2. The molecule has 6 heteroatoms. The molecule has 0 aliphatic heterocycles. The quantitative estimate of drug-likeness (QED) is 0.831. The fourth-order valence-electron chi connectivity index (χ4n) is 1.44. The normalized spacial score (nSPS) is 11.1. The van der Waals surface area contributed by atoms with Crippen molar-refractivity contribution in [1.29, 1.82) is 5.26 Å². The Morgan fingerprint density at radius 2 is 2.11 bits per heavy atom. The molecular weight excluding hydrogens is 261 g/mol. The number of nitriles is 1. The minimum Gasteiger partial charge on any atom is -0.385 e. The van der Waals surface area contributed by atoms with E-state index in [4.69, 9.17) is 5.26 Å². The molecule has 0 unspecified atom stereocenters. The van der Waals surface area contributed by atoms with Crippen molar-refractivity contribution in [2.45, 2.75) is 12.6 Å². The Morgan fingerprint density at radius 3 is 2.67 bits per heavy atom. The minimum atomic E-state index is -4.50. The van der Waals surface area contributed by atoms with E-state index in [1.54, 1.807) is 17.8 Å². The van der Waals surface area contributed by atoms with Gasteiger partial charge in [-0.1, -0.05) is 0 Å². The minimum absolute atomic E-state index is 0.350. The Balaban J connectivity index is 2.81. The summed E-state index contributed by atoms with van der Waals surface area (Å²) in [5.41, 5.74) is -0.848. The fourth-order valence-corrected chi connectivity index (χ4v) is 1.87. The van der Waals surface area contributed by atoms with Crippen LogP contribution >= 0.6 is 11.8 Å². The Kier molecular flexibility index (Phi) is 5.35. The maximum Gasteiger partial charge on any atom is 0.417 e. The van der Waals surface area contributed by atoms with Crippen LogP contribution in [0, 0.1) is 11.3 Å². The standard InChI is InChI=1S/C12H13F3N2S/c1-18-6-2-5-17-10-4-3-9(8-16)11(7-10)12(13,14)15/h3-4,7,17H,2,5-6H2,1H3. The van der Waals surface area contributed by atoms with Gasteiger partial charge in [0.2, 0.25) is 0 Å². The number of alkyl halides is 3. The van der Waals surface area contributed by atoms with Crippen LogP contribution in [0.4, 0.5) is 18.9 Å². The lowest BCUT2D eigenvalue weighted by Crippen LogP contribution is -2.10. The highest BCUT2D eigenvalue weighted by Crippen LogP contribution is 2.33. The summed E-state index contributed by atoms with van der Waals surface area (Å²) >= 11 is 1.69. The van der Waals surface area contributed by atoms with E-state index in [1.807, 2.05) is 6.26 Å². The Hall–Kier alpha value is -1.35. The van der Waals surface area contributed by atoms with Gasteiger partial charge in [-0.25, -0.2) is 0 Å². The van der Waals surface area contributed by atoms with Gasteiger partial charge in [-0.15, -0.1) is 0 Å². The molecule has 0 amide bonds. The molecule has 0 bridgehead atoms. The van der Waals surface area contributed by atoms with Gasteiger partial charge in [0.1, 0.15) is 0 Å². The molecule has 0 saturated carbocycles. The van der Waals surface area contributed by atoms with E-state index in [0.717, 1.165) is 18.2 Å². The Labute approximate surface area is 108 Å². The summed E-state index contributed by atoms with van der Waals surface area (Å²) in [6.07, 6.45) is -1.64. The fraction of sp³-hybridized carbons (Fsp3) is 0.417. The van der Waals surface area contributed by atoms with Gasteiger partial charge < -0.3 is 5.32 Å². The monoisotopic (exact) mass is 274 g/mol. The predicted octanol–water partition coefficient (Wildman–Crippen LogP) is 3.74. The summed E-state index contributed by atoms with van der Waals surface area (Å²) in [7, 11) is 0. The van der Waals surface area contributed by atoms with Crippen LogP contribution in [0.5, 0.6) is 0 Å². The van der Waals surface area contributed by atoms with Crippen LogP contribution in [0.2, 0.25) is 0 Å². The number of anilines is 1. The number of thioether (sulfide) groups is 1. The van der Waals surface area contributed by atoms with Gasteiger partial charge >= 0.3 is 6.18 Å². The summed E-state index contributed by atoms with van der Waals surface area (Å²) in [4.78, 5) is 0. The molecule has 98 valence electrons. The molecule has 0 fully saturated rings. The SMILES string of the molecule is CSCCCNc1ccc(C#N)c(C(F)(F)F)c1. The zero-order chi connectivity index (χ0) is 13.6. The van der Waals surface area contributed by atoms with E-state index in [1.165, 1.54) is 12.1 Å². The van der Waals surface area contributed by atoms with Crippen LogP contribution in [0.15, 0.2) is 18.2 Å². The topological polar surface area (TPSA) is 35.8 Å². The van der Waals surface area contributed by atoms with E-state index in [0.29, 0.717) is 12.2 Å². The van der Waals surface area contributed by atoms with Crippen molar-refractivity contribution in [3.63, 3.8) is 0 Å². The van der Waals surface area contributed by atoms with Crippen molar-refractivity contribution < 1.29 is 13.2 Å². The van der Waals surface area contributed by atoms with Crippen molar-refractivity contribution in [1.82, 2.24) is 0 Å². The third kappa shape index (κ3) is 4.15. The number of nitrogens with zero attached hydrogens (tertiary/aromatic N) is 1. The van der Waals surface area contributed by atoms with E-state index >= 15 is 0 Å². The number of nitrogens with one attached hydrogen (secondary N) is 1. The number of hydrogen-bond donors (Lipinski definition) is 1. The number of rotatable bonds is 5. The molecule has 2 nitrogen and oxygen atoms in total. The molecule has 0 atom stereocenters. The van der Waals surface area contributed by atoms with Gasteiger partial charge in [0, 0.05) is 12.2 Å². The van der Waals surface area contributed by atoms with E-state index in [2.05, 4.69) is 5.32 Å². The lowest BCUT2D eigenvalue weighted by Gasteiger charge is -2.12. The van der Waals surface area contributed by atoms with Gasteiger partial charge in [-0.2, -0.15) is 30.2 Å². The molecule has 18 heavy (non-hydrogen) atoms. The third-order valence-corrected chi connectivity index (χ3v) is 3.00. The van der Waals surface area contributed by atoms with Crippen molar-refractivity contribution in [2.75, 3.05) is 23.9 Å². The summed E-state index contributed by atoms with van der Waals surface area (Å²) < 4.78 is 38.0. The van der Waals surface area contributed by atoms with Gasteiger partial charge in [0.25, 0.3) is 0 Å². The average Bonchev–Trinajstić information content (AvgIpc) is 2.33. The van der Waals surface area contributed by atoms with E-state index < -0.39 is 11.7 Å². The Bertz CT molecular complexity index is 438. The zero-order valence-electron chi connectivity index (χ0n) is 9.84. The zero-order valence-corrected chi connectivity index (χ0v) is 10.7. The van der Waals surface area contributed by atoms with Crippen molar-refractivity contribution in [3.05, 3.63) is 29.3 Å².